The molecule has 134 valence electrons. The Bertz CT molecular complexity index is 980. The fourth-order valence-corrected chi connectivity index (χ4v) is 4.40. The van der Waals surface area contributed by atoms with Crippen molar-refractivity contribution < 1.29 is 9.53 Å². The van der Waals surface area contributed by atoms with Gasteiger partial charge in [-0.2, -0.15) is 0 Å². The highest BCUT2D eigenvalue weighted by atomic mass is 16.5. The van der Waals surface area contributed by atoms with Crippen LogP contribution in [-0.2, 0) is 16.0 Å². The molecule has 0 saturated heterocycles. The van der Waals surface area contributed by atoms with E-state index in [1.807, 2.05) is 12.1 Å². The van der Waals surface area contributed by atoms with Gasteiger partial charge in [0.2, 0.25) is 0 Å². The zero-order valence-corrected chi connectivity index (χ0v) is 15.6. The molecule has 0 radical (unpaired) electrons. The number of aromatic amines is 1. The molecule has 0 aliphatic carbocycles. The number of esters is 1. The van der Waals surface area contributed by atoms with E-state index in [1.165, 1.54) is 40.3 Å². The van der Waals surface area contributed by atoms with Gasteiger partial charge >= 0.3 is 5.97 Å². The normalized spacial score (nSPS) is 19.4. The maximum Gasteiger partial charge on any atom is 0.323 e. The third kappa shape index (κ3) is 2.61. The third-order valence-electron chi connectivity index (χ3n) is 5.42. The quantitative estimate of drug-likeness (QED) is 0.691. The number of H-pyrrole nitrogens is 1. The molecule has 0 bridgehead atoms. The Balaban J connectivity index is 1.93. The van der Waals surface area contributed by atoms with Crippen molar-refractivity contribution in [3.8, 4) is 0 Å². The standard InChI is InChI=1S/C22H24N2O2/c1-12-9-13(2)19(14(3)10-12)21-20-16(11-18(24-21)22(25)26-4)15-7-5-6-8-17(15)23-20/h5-10,18,21,23-24H,11H2,1-4H3. The lowest BCUT2D eigenvalue weighted by Gasteiger charge is -2.32. The predicted molar refractivity (Wildman–Crippen MR) is 103 cm³/mol. The van der Waals surface area contributed by atoms with Crippen molar-refractivity contribution in [2.45, 2.75) is 39.3 Å². The van der Waals surface area contributed by atoms with Gasteiger partial charge in [-0.3, -0.25) is 10.1 Å². The summed E-state index contributed by atoms with van der Waals surface area (Å²) in [4.78, 5) is 15.9. The number of methoxy groups -OCH3 is 1. The summed E-state index contributed by atoms with van der Waals surface area (Å²) in [5.74, 6) is -0.214. The van der Waals surface area contributed by atoms with Crippen LogP contribution in [0.4, 0.5) is 0 Å². The Kier molecular flexibility index (Phi) is 4.08. The van der Waals surface area contributed by atoms with Crippen LogP contribution in [0.5, 0.6) is 0 Å². The van der Waals surface area contributed by atoms with Crippen LogP contribution in [0.3, 0.4) is 0 Å². The molecule has 4 rings (SSSR count). The lowest BCUT2D eigenvalue weighted by Crippen LogP contribution is -2.45. The fourth-order valence-electron chi connectivity index (χ4n) is 4.40. The van der Waals surface area contributed by atoms with Crippen LogP contribution in [0.2, 0.25) is 0 Å². The maximum absolute atomic E-state index is 12.3. The summed E-state index contributed by atoms with van der Waals surface area (Å²) in [6, 6.07) is 12.3. The van der Waals surface area contributed by atoms with Crippen molar-refractivity contribution in [3.05, 3.63) is 69.9 Å². The lowest BCUT2D eigenvalue weighted by atomic mass is 9.86. The Morgan fingerprint density at radius 1 is 1.12 bits per heavy atom. The predicted octanol–water partition coefficient (Wildman–Crippen LogP) is 3.87. The average Bonchev–Trinajstić information content (AvgIpc) is 2.99. The van der Waals surface area contributed by atoms with Gasteiger partial charge in [0.1, 0.15) is 6.04 Å². The second kappa shape index (κ2) is 6.29. The number of carbonyl (C=O) groups excluding carboxylic acids is 1. The number of hydrogen-bond acceptors (Lipinski definition) is 3. The molecule has 4 heteroatoms. The van der Waals surface area contributed by atoms with Crippen LogP contribution in [0.1, 0.15) is 39.6 Å². The molecule has 1 aromatic heterocycles. The summed E-state index contributed by atoms with van der Waals surface area (Å²) in [6.45, 7) is 6.39. The molecule has 2 aromatic carbocycles. The topological polar surface area (TPSA) is 54.1 Å². The summed E-state index contributed by atoms with van der Waals surface area (Å²) in [6.07, 6.45) is 0.631. The Hall–Kier alpha value is -2.59. The zero-order valence-electron chi connectivity index (χ0n) is 15.6. The molecule has 0 spiro atoms. The van der Waals surface area contributed by atoms with E-state index in [1.54, 1.807) is 0 Å². The van der Waals surface area contributed by atoms with E-state index in [9.17, 15) is 4.79 Å². The van der Waals surface area contributed by atoms with E-state index in [4.69, 9.17) is 4.74 Å². The molecule has 2 unspecified atom stereocenters. The second-order valence-corrected chi connectivity index (χ2v) is 7.25. The van der Waals surface area contributed by atoms with Crippen LogP contribution < -0.4 is 5.32 Å². The largest absolute Gasteiger partial charge is 0.468 e. The van der Waals surface area contributed by atoms with Crippen LogP contribution in [-0.4, -0.2) is 24.1 Å². The smallest absolute Gasteiger partial charge is 0.323 e. The minimum absolute atomic E-state index is 0.0594. The maximum atomic E-state index is 12.3. The summed E-state index contributed by atoms with van der Waals surface area (Å²) in [7, 11) is 1.45. The van der Waals surface area contributed by atoms with Gasteiger partial charge in [-0.1, -0.05) is 35.9 Å². The Labute approximate surface area is 153 Å². The third-order valence-corrected chi connectivity index (χ3v) is 5.42. The zero-order chi connectivity index (χ0) is 18.4. The van der Waals surface area contributed by atoms with Gasteiger partial charge in [-0.15, -0.1) is 0 Å². The number of aryl methyl sites for hydroxylation is 3. The van der Waals surface area contributed by atoms with Crippen molar-refractivity contribution in [2.75, 3.05) is 7.11 Å². The number of para-hydroxylation sites is 1. The number of carbonyl (C=O) groups is 1. The van der Waals surface area contributed by atoms with Crippen molar-refractivity contribution in [1.82, 2.24) is 10.3 Å². The van der Waals surface area contributed by atoms with Crippen LogP contribution in [0.25, 0.3) is 10.9 Å². The minimum atomic E-state index is -0.350. The molecule has 2 heterocycles. The minimum Gasteiger partial charge on any atom is -0.468 e. The number of benzene rings is 2. The molecule has 0 fully saturated rings. The first kappa shape index (κ1) is 16.9. The second-order valence-electron chi connectivity index (χ2n) is 7.25. The highest BCUT2D eigenvalue weighted by molar-refractivity contribution is 5.87. The molecular formula is C22H24N2O2. The van der Waals surface area contributed by atoms with Crippen LogP contribution >= 0.6 is 0 Å². The average molecular weight is 348 g/mol. The summed E-state index contributed by atoms with van der Waals surface area (Å²) >= 11 is 0. The van der Waals surface area contributed by atoms with Gasteiger partial charge < -0.3 is 9.72 Å². The van der Waals surface area contributed by atoms with E-state index >= 15 is 0 Å². The molecule has 26 heavy (non-hydrogen) atoms. The highest BCUT2D eigenvalue weighted by Gasteiger charge is 2.35. The van der Waals surface area contributed by atoms with E-state index in [2.05, 4.69) is 55.3 Å². The van der Waals surface area contributed by atoms with Gasteiger partial charge in [0.05, 0.1) is 13.2 Å². The molecule has 0 saturated carbocycles. The van der Waals surface area contributed by atoms with Gasteiger partial charge in [0.25, 0.3) is 0 Å². The van der Waals surface area contributed by atoms with Crippen molar-refractivity contribution >= 4 is 16.9 Å². The van der Waals surface area contributed by atoms with E-state index in [0.29, 0.717) is 6.42 Å². The Morgan fingerprint density at radius 2 is 1.81 bits per heavy atom. The Morgan fingerprint density at radius 3 is 2.50 bits per heavy atom. The molecule has 2 N–H and O–H groups in total. The van der Waals surface area contributed by atoms with Crippen molar-refractivity contribution in [3.63, 3.8) is 0 Å². The monoisotopic (exact) mass is 348 g/mol. The molecule has 4 nitrogen and oxygen atoms in total. The summed E-state index contributed by atoms with van der Waals surface area (Å²) in [5, 5.41) is 4.72. The SMILES string of the molecule is COC(=O)C1Cc2c([nH]c3ccccc23)C(c2c(C)cc(C)cc2C)N1. The lowest BCUT2D eigenvalue weighted by molar-refractivity contribution is -0.143. The first-order chi connectivity index (χ1) is 12.5. The number of nitrogens with one attached hydrogen (secondary N) is 2. The summed E-state index contributed by atoms with van der Waals surface area (Å²) < 4.78 is 5.05. The molecule has 1 aliphatic rings. The molecule has 0 amide bonds. The number of aromatic nitrogens is 1. The van der Waals surface area contributed by atoms with Crippen LogP contribution in [0, 0.1) is 20.8 Å². The van der Waals surface area contributed by atoms with Crippen molar-refractivity contribution in [1.29, 1.82) is 0 Å². The number of fused-ring (bicyclic) bond motifs is 3. The number of hydrogen-bond donors (Lipinski definition) is 2. The summed E-state index contributed by atoms with van der Waals surface area (Å²) in [5.41, 5.74) is 8.42. The van der Waals surface area contributed by atoms with Gasteiger partial charge in [-0.25, -0.2) is 0 Å². The molecular weight excluding hydrogens is 324 g/mol. The first-order valence-electron chi connectivity index (χ1n) is 9.00. The van der Waals surface area contributed by atoms with E-state index < -0.39 is 0 Å². The van der Waals surface area contributed by atoms with Crippen molar-refractivity contribution in [2.24, 2.45) is 0 Å². The highest BCUT2D eigenvalue weighted by Crippen LogP contribution is 2.37. The molecule has 2 atom stereocenters. The first-order valence-corrected chi connectivity index (χ1v) is 9.00. The van der Waals surface area contributed by atoms with Gasteiger partial charge in [-0.05, 0) is 49.1 Å². The number of ether oxygens (including phenoxy) is 1. The molecule has 1 aliphatic heterocycles. The molecule has 3 aromatic rings. The van der Waals surface area contributed by atoms with E-state index in [-0.39, 0.29) is 18.1 Å². The van der Waals surface area contributed by atoms with Gasteiger partial charge in [0.15, 0.2) is 0 Å². The van der Waals surface area contributed by atoms with E-state index in [0.717, 1.165) is 11.2 Å². The van der Waals surface area contributed by atoms with Crippen LogP contribution in [0.15, 0.2) is 36.4 Å². The van der Waals surface area contributed by atoms with Gasteiger partial charge in [0, 0.05) is 23.0 Å². The fraction of sp³-hybridized carbons (Fsp3) is 0.318. The number of rotatable bonds is 2.